The minimum absolute atomic E-state index is 0.0971. The number of nitrogens with zero attached hydrogens (tertiary/aromatic N) is 1. The Bertz CT molecular complexity index is 577. The molecule has 1 saturated carbocycles. The van der Waals surface area contributed by atoms with Crippen LogP contribution in [0.25, 0.3) is 0 Å². The van der Waals surface area contributed by atoms with Crippen LogP contribution in [0.5, 0.6) is 0 Å². The Kier molecular flexibility index (Phi) is 5.42. The van der Waals surface area contributed by atoms with Gasteiger partial charge in [-0.15, -0.1) is 0 Å². The van der Waals surface area contributed by atoms with Crippen molar-refractivity contribution in [2.45, 2.75) is 44.7 Å². The van der Waals surface area contributed by atoms with E-state index in [1.807, 2.05) is 11.8 Å². The van der Waals surface area contributed by atoms with E-state index >= 15 is 0 Å². The van der Waals surface area contributed by atoms with Crippen LogP contribution in [0.2, 0.25) is 5.02 Å². The lowest BCUT2D eigenvalue weighted by molar-refractivity contribution is 0.0680. The number of rotatable bonds is 5. The van der Waals surface area contributed by atoms with Crippen LogP contribution in [0.4, 0.5) is 0 Å². The number of amides is 2. The van der Waals surface area contributed by atoms with Gasteiger partial charge >= 0.3 is 0 Å². The van der Waals surface area contributed by atoms with E-state index < -0.39 is 5.91 Å². The number of benzene rings is 1. The maximum absolute atomic E-state index is 12.8. The zero-order valence-electron chi connectivity index (χ0n) is 12.7. The Morgan fingerprint density at radius 3 is 2.64 bits per heavy atom. The molecule has 0 spiro atoms. The summed E-state index contributed by atoms with van der Waals surface area (Å²) in [4.78, 5) is 26.1. The van der Waals surface area contributed by atoms with Gasteiger partial charge in [0.2, 0.25) is 5.91 Å². The zero-order chi connectivity index (χ0) is 16.3. The lowest BCUT2D eigenvalue weighted by atomic mass is 10.1. The standard InChI is InChI=1S/C16H22ClN3O2/c1-2-7-20(12-5-4-11(18)9-12)16(22)10-3-6-14(17)13(8-10)15(19)21/h3,6,8,11-12H,2,4-5,7,9,18H2,1H3,(H2,19,21). The Morgan fingerprint density at radius 1 is 1.36 bits per heavy atom. The highest BCUT2D eigenvalue weighted by Crippen LogP contribution is 2.26. The smallest absolute Gasteiger partial charge is 0.254 e. The van der Waals surface area contributed by atoms with E-state index in [4.69, 9.17) is 23.1 Å². The number of nitrogens with two attached hydrogens (primary N) is 2. The van der Waals surface area contributed by atoms with Crippen molar-refractivity contribution < 1.29 is 9.59 Å². The van der Waals surface area contributed by atoms with Crippen LogP contribution in [0.3, 0.4) is 0 Å². The largest absolute Gasteiger partial charge is 0.366 e. The summed E-state index contributed by atoms with van der Waals surface area (Å²) in [5.41, 5.74) is 11.9. The third-order valence-corrected chi connectivity index (χ3v) is 4.42. The Balaban J connectivity index is 2.27. The Labute approximate surface area is 135 Å². The zero-order valence-corrected chi connectivity index (χ0v) is 13.5. The Morgan fingerprint density at radius 2 is 2.09 bits per heavy atom. The summed E-state index contributed by atoms with van der Waals surface area (Å²) in [6.45, 7) is 2.70. The van der Waals surface area contributed by atoms with Gasteiger partial charge < -0.3 is 16.4 Å². The van der Waals surface area contributed by atoms with Crippen molar-refractivity contribution in [3.63, 3.8) is 0 Å². The fourth-order valence-corrected chi connectivity index (χ4v) is 3.19. The molecule has 1 aromatic carbocycles. The molecule has 6 heteroatoms. The second-order valence-electron chi connectivity index (χ2n) is 5.78. The molecule has 2 amide bonds. The predicted molar refractivity (Wildman–Crippen MR) is 86.9 cm³/mol. The normalized spacial score (nSPS) is 20.9. The van der Waals surface area contributed by atoms with E-state index in [0.29, 0.717) is 12.1 Å². The van der Waals surface area contributed by atoms with E-state index in [1.54, 1.807) is 12.1 Å². The van der Waals surface area contributed by atoms with E-state index in [-0.39, 0.29) is 28.6 Å². The third kappa shape index (κ3) is 3.59. The van der Waals surface area contributed by atoms with Crippen molar-refractivity contribution in [1.82, 2.24) is 4.90 Å². The molecule has 2 rings (SSSR count). The first kappa shape index (κ1) is 16.8. The molecule has 1 aromatic rings. The summed E-state index contributed by atoms with van der Waals surface area (Å²) < 4.78 is 0. The Hall–Kier alpha value is -1.59. The van der Waals surface area contributed by atoms with E-state index in [1.165, 1.54) is 6.07 Å². The van der Waals surface area contributed by atoms with Crippen molar-refractivity contribution in [3.8, 4) is 0 Å². The molecule has 2 atom stereocenters. The number of halogens is 1. The molecule has 1 aliphatic rings. The molecule has 0 saturated heterocycles. The molecule has 0 radical (unpaired) electrons. The molecule has 0 heterocycles. The maximum Gasteiger partial charge on any atom is 0.254 e. The molecule has 1 fully saturated rings. The summed E-state index contributed by atoms with van der Waals surface area (Å²) in [6, 6.07) is 4.97. The molecular weight excluding hydrogens is 302 g/mol. The molecule has 2 unspecified atom stereocenters. The summed E-state index contributed by atoms with van der Waals surface area (Å²) >= 11 is 5.94. The van der Waals surface area contributed by atoms with Crippen molar-refractivity contribution in [2.75, 3.05) is 6.54 Å². The summed E-state index contributed by atoms with van der Waals surface area (Å²) in [5.74, 6) is -0.732. The first-order valence-electron chi connectivity index (χ1n) is 7.60. The van der Waals surface area contributed by atoms with Crippen LogP contribution in [0.15, 0.2) is 18.2 Å². The van der Waals surface area contributed by atoms with Crippen LogP contribution in [-0.2, 0) is 0 Å². The van der Waals surface area contributed by atoms with Crippen LogP contribution < -0.4 is 11.5 Å². The number of hydrogen-bond acceptors (Lipinski definition) is 3. The van der Waals surface area contributed by atoms with Gasteiger partial charge in [-0.1, -0.05) is 18.5 Å². The average molecular weight is 324 g/mol. The van der Waals surface area contributed by atoms with Gasteiger partial charge in [0.25, 0.3) is 5.91 Å². The maximum atomic E-state index is 12.8. The number of hydrogen-bond donors (Lipinski definition) is 2. The van der Waals surface area contributed by atoms with Gasteiger partial charge in [-0.05, 0) is 43.9 Å². The number of carbonyl (C=O) groups excluding carboxylic acids is 2. The summed E-state index contributed by atoms with van der Waals surface area (Å²) in [5, 5.41) is 0.258. The molecule has 1 aliphatic carbocycles. The lowest BCUT2D eigenvalue weighted by Crippen LogP contribution is -2.40. The minimum Gasteiger partial charge on any atom is -0.366 e. The summed E-state index contributed by atoms with van der Waals surface area (Å²) in [7, 11) is 0. The minimum atomic E-state index is -0.635. The van der Waals surface area contributed by atoms with Crippen LogP contribution in [0.1, 0.15) is 53.3 Å². The van der Waals surface area contributed by atoms with Crippen molar-refractivity contribution in [3.05, 3.63) is 34.3 Å². The molecule has 0 aromatic heterocycles. The van der Waals surface area contributed by atoms with E-state index in [0.717, 1.165) is 25.7 Å². The highest BCUT2D eigenvalue weighted by Gasteiger charge is 2.30. The van der Waals surface area contributed by atoms with E-state index in [9.17, 15) is 9.59 Å². The number of primary amides is 1. The van der Waals surface area contributed by atoms with Crippen molar-refractivity contribution in [1.29, 1.82) is 0 Å². The monoisotopic (exact) mass is 323 g/mol. The van der Waals surface area contributed by atoms with Gasteiger partial charge in [0.15, 0.2) is 0 Å². The number of carbonyl (C=O) groups is 2. The summed E-state index contributed by atoms with van der Waals surface area (Å²) in [6.07, 6.45) is 3.55. The molecule has 22 heavy (non-hydrogen) atoms. The average Bonchev–Trinajstić information content (AvgIpc) is 2.90. The molecule has 120 valence electrons. The van der Waals surface area contributed by atoms with Gasteiger partial charge in [-0.2, -0.15) is 0 Å². The van der Waals surface area contributed by atoms with Gasteiger partial charge in [0, 0.05) is 24.2 Å². The molecule has 0 bridgehead atoms. The second-order valence-corrected chi connectivity index (χ2v) is 6.19. The van der Waals surface area contributed by atoms with E-state index in [2.05, 4.69) is 0 Å². The van der Waals surface area contributed by atoms with Crippen LogP contribution in [-0.4, -0.2) is 35.3 Å². The predicted octanol–water partition coefficient (Wildman–Crippen LogP) is 2.17. The van der Waals surface area contributed by atoms with Gasteiger partial charge in [-0.3, -0.25) is 9.59 Å². The van der Waals surface area contributed by atoms with Crippen molar-refractivity contribution >= 4 is 23.4 Å². The molecule has 0 aliphatic heterocycles. The highest BCUT2D eigenvalue weighted by atomic mass is 35.5. The van der Waals surface area contributed by atoms with Crippen LogP contribution >= 0.6 is 11.6 Å². The molecule has 4 N–H and O–H groups in total. The van der Waals surface area contributed by atoms with Crippen LogP contribution in [0, 0.1) is 0 Å². The van der Waals surface area contributed by atoms with Gasteiger partial charge in [0.1, 0.15) is 0 Å². The quantitative estimate of drug-likeness (QED) is 0.870. The first-order chi connectivity index (χ1) is 10.4. The second kappa shape index (κ2) is 7.11. The molecular formula is C16H22ClN3O2. The third-order valence-electron chi connectivity index (χ3n) is 4.09. The highest BCUT2D eigenvalue weighted by molar-refractivity contribution is 6.34. The fourth-order valence-electron chi connectivity index (χ4n) is 2.98. The fraction of sp³-hybridized carbons (Fsp3) is 0.500. The van der Waals surface area contributed by atoms with Gasteiger partial charge in [-0.25, -0.2) is 0 Å². The topological polar surface area (TPSA) is 89.4 Å². The lowest BCUT2D eigenvalue weighted by Gasteiger charge is -2.29. The first-order valence-corrected chi connectivity index (χ1v) is 7.97. The SMILES string of the molecule is CCCN(C(=O)c1ccc(Cl)c(C(N)=O)c1)C1CCC(N)C1. The van der Waals surface area contributed by atoms with Gasteiger partial charge in [0.05, 0.1) is 10.6 Å². The van der Waals surface area contributed by atoms with Crippen molar-refractivity contribution in [2.24, 2.45) is 11.5 Å². The molecule has 5 nitrogen and oxygen atoms in total.